The molecule has 248 valence electrons. The van der Waals surface area contributed by atoms with E-state index in [4.69, 9.17) is 9.97 Å². The van der Waals surface area contributed by atoms with E-state index in [2.05, 4.69) is 194 Å². The number of nitrogens with zero attached hydrogens (tertiary/aromatic N) is 2. The van der Waals surface area contributed by atoms with E-state index in [1.807, 2.05) is 12.1 Å². The average molecular weight is 675 g/mol. The predicted octanol–water partition coefficient (Wildman–Crippen LogP) is 12.7. The number of benzene rings is 8. The van der Waals surface area contributed by atoms with Crippen LogP contribution in [0.2, 0.25) is 0 Å². The van der Waals surface area contributed by atoms with Crippen LogP contribution in [0.3, 0.4) is 0 Å². The molecule has 0 spiro atoms. The van der Waals surface area contributed by atoms with Gasteiger partial charge in [0.15, 0.2) is 0 Å². The topological polar surface area (TPSA) is 25.8 Å². The molecule has 1 aliphatic rings. The van der Waals surface area contributed by atoms with Gasteiger partial charge in [0.25, 0.3) is 0 Å². The summed E-state index contributed by atoms with van der Waals surface area (Å²) in [7, 11) is 0. The molecule has 1 aliphatic carbocycles. The Bertz CT molecular complexity index is 2700. The first-order chi connectivity index (χ1) is 26.3. The lowest BCUT2D eigenvalue weighted by Gasteiger charge is -2.33. The molecule has 9 aromatic rings. The molecule has 0 radical (unpaired) electrons. The number of hydrogen-bond acceptors (Lipinski definition) is 2. The van der Waals surface area contributed by atoms with E-state index in [1.165, 1.54) is 33.4 Å². The lowest BCUT2D eigenvalue weighted by molar-refractivity contribution is 0.768. The Hall–Kier alpha value is -6.90. The van der Waals surface area contributed by atoms with Crippen molar-refractivity contribution in [3.63, 3.8) is 0 Å². The van der Waals surface area contributed by atoms with Crippen LogP contribution < -0.4 is 0 Å². The minimum absolute atomic E-state index is 0.447. The first-order valence-electron chi connectivity index (χ1n) is 18.2. The van der Waals surface area contributed by atoms with Crippen LogP contribution in [0.5, 0.6) is 0 Å². The largest absolute Gasteiger partial charge is 0.243 e. The second-order valence-corrected chi connectivity index (χ2v) is 13.7. The fourth-order valence-electron chi connectivity index (χ4n) is 8.43. The fourth-order valence-corrected chi connectivity index (χ4v) is 8.43. The molecular formula is C51H34N2. The summed E-state index contributed by atoms with van der Waals surface area (Å²) in [5.41, 5.74) is 17.1. The van der Waals surface area contributed by atoms with E-state index in [0.717, 1.165) is 55.8 Å². The second kappa shape index (κ2) is 12.7. The highest BCUT2D eigenvalue weighted by Crippen LogP contribution is 2.56. The normalized spacial score (nSPS) is 12.7. The van der Waals surface area contributed by atoms with Gasteiger partial charge in [-0.15, -0.1) is 0 Å². The maximum atomic E-state index is 5.58. The molecule has 0 saturated heterocycles. The van der Waals surface area contributed by atoms with Crippen LogP contribution in [0.15, 0.2) is 206 Å². The standard InChI is InChI=1S/C51H34N2/c1-6-18-35(19-7-1)41-31-32-42(50-49(41)52-47(36-20-8-2-9-21-36)48(53-50)37-22-10-3-11-23-37)38-30-33-46-44(34-38)43-28-16-17-29-45(43)51(46,39-24-12-4-13-25-39)40-26-14-5-15-27-40/h1-34H. The number of fused-ring (bicyclic) bond motifs is 4. The molecule has 8 aromatic carbocycles. The zero-order valence-electron chi connectivity index (χ0n) is 29.0. The van der Waals surface area contributed by atoms with Gasteiger partial charge in [0.1, 0.15) is 0 Å². The van der Waals surface area contributed by atoms with Gasteiger partial charge < -0.3 is 0 Å². The van der Waals surface area contributed by atoms with Crippen LogP contribution >= 0.6 is 0 Å². The van der Waals surface area contributed by atoms with Gasteiger partial charge in [-0.05, 0) is 50.6 Å². The molecular weight excluding hydrogens is 641 g/mol. The molecule has 53 heavy (non-hydrogen) atoms. The lowest BCUT2D eigenvalue weighted by Crippen LogP contribution is -2.28. The fraction of sp³-hybridized carbons (Fsp3) is 0.0196. The molecule has 1 heterocycles. The molecule has 0 fully saturated rings. The van der Waals surface area contributed by atoms with Crippen LogP contribution in [0.4, 0.5) is 0 Å². The molecule has 10 rings (SSSR count). The van der Waals surface area contributed by atoms with E-state index >= 15 is 0 Å². The predicted molar refractivity (Wildman–Crippen MR) is 219 cm³/mol. The third-order valence-electron chi connectivity index (χ3n) is 10.8. The molecule has 1 aromatic heterocycles. The third-order valence-corrected chi connectivity index (χ3v) is 10.8. The van der Waals surface area contributed by atoms with Gasteiger partial charge >= 0.3 is 0 Å². The SMILES string of the molecule is c1ccc(-c2nc3c(-c4ccccc4)ccc(-c4ccc5c(c4)-c4ccccc4C5(c4ccccc4)c4ccccc4)c3nc2-c2ccccc2)cc1. The number of aromatic nitrogens is 2. The maximum absolute atomic E-state index is 5.58. The van der Waals surface area contributed by atoms with E-state index in [0.29, 0.717) is 0 Å². The van der Waals surface area contributed by atoms with Crippen LogP contribution in [-0.4, -0.2) is 9.97 Å². The van der Waals surface area contributed by atoms with Crippen molar-refractivity contribution < 1.29 is 0 Å². The Balaban J connectivity index is 1.26. The van der Waals surface area contributed by atoms with Crippen LogP contribution in [-0.2, 0) is 5.41 Å². The van der Waals surface area contributed by atoms with E-state index < -0.39 is 5.41 Å². The van der Waals surface area contributed by atoms with Crippen molar-refractivity contribution in [2.24, 2.45) is 0 Å². The van der Waals surface area contributed by atoms with Crippen LogP contribution in [0.25, 0.3) is 66.9 Å². The molecule has 0 atom stereocenters. The Morgan fingerprint density at radius 2 is 0.698 bits per heavy atom. The highest BCUT2D eigenvalue weighted by molar-refractivity contribution is 6.03. The lowest BCUT2D eigenvalue weighted by atomic mass is 9.67. The Kier molecular flexibility index (Phi) is 7.40. The average Bonchev–Trinajstić information content (AvgIpc) is 3.55. The maximum Gasteiger partial charge on any atom is 0.0979 e. The summed E-state index contributed by atoms with van der Waals surface area (Å²) in [4.78, 5) is 11.1. The number of rotatable bonds is 6. The first kappa shape index (κ1) is 30.9. The summed E-state index contributed by atoms with van der Waals surface area (Å²) < 4.78 is 0. The zero-order valence-corrected chi connectivity index (χ0v) is 29.0. The van der Waals surface area contributed by atoms with Gasteiger partial charge in [-0.3, -0.25) is 0 Å². The highest BCUT2D eigenvalue weighted by Gasteiger charge is 2.46. The van der Waals surface area contributed by atoms with Gasteiger partial charge in [0.05, 0.1) is 27.8 Å². The number of hydrogen-bond donors (Lipinski definition) is 0. The van der Waals surface area contributed by atoms with Gasteiger partial charge in [-0.25, -0.2) is 9.97 Å². The second-order valence-electron chi connectivity index (χ2n) is 13.7. The van der Waals surface area contributed by atoms with Gasteiger partial charge in [-0.2, -0.15) is 0 Å². The monoisotopic (exact) mass is 674 g/mol. The Morgan fingerprint density at radius 1 is 0.283 bits per heavy atom. The molecule has 0 bridgehead atoms. The minimum Gasteiger partial charge on any atom is -0.243 e. The Labute approximate surface area is 309 Å². The van der Waals surface area contributed by atoms with E-state index in [1.54, 1.807) is 0 Å². The van der Waals surface area contributed by atoms with Crippen molar-refractivity contribution in [2.75, 3.05) is 0 Å². The van der Waals surface area contributed by atoms with Gasteiger partial charge in [0, 0.05) is 22.3 Å². The molecule has 0 N–H and O–H groups in total. The summed E-state index contributed by atoms with van der Waals surface area (Å²) in [6.45, 7) is 0. The van der Waals surface area contributed by atoms with Crippen molar-refractivity contribution in [3.05, 3.63) is 229 Å². The van der Waals surface area contributed by atoms with Crippen molar-refractivity contribution in [2.45, 2.75) is 5.41 Å². The summed E-state index contributed by atoms with van der Waals surface area (Å²) in [6.07, 6.45) is 0. The molecule has 0 aliphatic heterocycles. The molecule has 0 unspecified atom stereocenters. The zero-order chi connectivity index (χ0) is 35.2. The first-order valence-corrected chi connectivity index (χ1v) is 18.2. The smallest absolute Gasteiger partial charge is 0.0979 e. The van der Waals surface area contributed by atoms with Crippen LogP contribution in [0, 0.1) is 0 Å². The minimum atomic E-state index is -0.447. The van der Waals surface area contributed by atoms with Crippen molar-refractivity contribution in [3.8, 4) is 55.9 Å². The van der Waals surface area contributed by atoms with E-state index in [9.17, 15) is 0 Å². The molecule has 0 saturated carbocycles. The highest BCUT2D eigenvalue weighted by atomic mass is 14.8. The van der Waals surface area contributed by atoms with Crippen LogP contribution in [0.1, 0.15) is 22.3 Å². The van der Waals surface area contributed by atoms with Crippen molar-refractivity contribution >= 4 is 11.0 Å². The third kappa shape index (κ3) is 4.95. The van der Waals surface area contributed by atoms with E-state index in [-0.39, 0.29) is 0 Å². The van der Waals surface area contributed by atoms with Crippen molar-refractivity contribution in [1.29, 1.82) is 0 Å². The molecule has 2 heteroatoms. The quantitative estimate of drug-likeness (QED) is 0.175. The van der Waals surface area contributed by atoms with Gasteiger partial charge in [-0.1, -0.05) is 200 Å². The summed E-state index contributed by atoms with van der Waals surface area (Å²) in [5.74, 6) is 0. The Morgan fingerprint density at radius 3 is 1.23 bits per heavy atom. The summed E-state index contributed by atoms with van der Waals surface area (Å²) in [5, 5.41) is 0. The molecule has 2 nitrogen and oxygen atoms in total. The summed E-state index contributed by atoms with van der Waals surface area (Å²) in [6, 6.07) is 73.7. The van der Waals surface area contributed by atoms with Crippen molar-refractivity contribution in [1.82, 2.24) is 9.97 Å². The van der Waals surface area contributed by atoms with Gasteiger partial charge in [0.2, 0.25) is 0 Å². The molecule has 0 amide bonds. The summed E-state index contributed by atoms with van der Waals surface area (Å²) >= 11 is 0.